The zero-order valence-corrected chi connectivity index (χ0v) is 9.81. The van der Waals surface area contributed by atoms with E-state index in [1.54, 1.807) is 0 Å². The first-order valence-corrected chi connectivity index (χ1v) is 5.49. The lowest BCUT2D eigenvalue weighted by Gasteiger charge is -2.12. The van der Waals surface area contributed by atoms with Crippen molar-refractivity contribution in [2.75, 3.05) is 5.32 Å². The Labute approximate surface area is 99.6 Å². The van der Waals surface area contributed by atoms with Crippen molar-refractivity contribution in [1.29, 1.82) is 0 Å². The van der Waals surface area contributed by atoms with Gasteiger partial charge in [-0.15, -0.1) is 0 Å². The van der Waals surface area contributed by atoms with Gasteiger partial charge in [0.15, 0.2) is 0 Å². The molecule has 0 saturated heterocycles. The van der Waals surface area contributed by atoms with Crippen LogP contribution in [-0.2, 0) is 0 Å². The number of hydrogen-bond acceptors (Lipinski definition) is 3. The van der Waals surface area contributed by atoms with E-state index in [2.05, 4.69) is 24.3 Å². The molecular weight excluding hydrogens is 216 g/mol. The number of aromatic nitrogens is 1. The monoisotopic (exact) mass is 230 g/mol. The van der Waals surface area contributed by atoms with E-state index in [1.165, 1.54) is 12.3 Å². The Bertz CT molecular complexity index is 504. The lowest BCUT2D eigenvalue weighted by Crippen LogP contribution is -2.12. The summed E-state index contributed by atoms with van der Waals surface area (Å²) in [6.45, 7) is 4.17. The molecule has 1 amide bonds. The number of para-hydroxylation sites is 1. The van der Waals surface area contributed by atoms with Crippen LogP contribution in [0.15, 0.2) is 41.1 Å². The lowest BCUT2D eigenvalue weighted by molar-refractivity contribution is 0.0988. The van der Waals surface area contributed by atoms with Gasteiger partial charge >= 0.3 is 0 Å². The molecule has 17 heavy (non-hydrogen) atoms. The van der Waals surface area contributed by atoms with Crippen LogP contribution in [-0.4, -0.2) is 11.1 Å². The van der Waals surface area contributed by atoms with E-state index in [-0.39, 0.29) is 11.7 Å². The molecule has 0 fully saturated rings. The average molecular weight is 230 g/mol. The standard InChI is InChI=1S/C13H14N2O2/c1-9(2)10-5-3-4-6-11(10)15-13(16)12-7-8-14-17-12/h3-9H,1-2H3,(H,15,16). The molecule has 2 rings (SSSR count). The lowest BCUT2D eigenvalue weighted by atomic mass is 10.0. The molecule has 0 spiro atoms. The number of amides is 1. The van der Waals surface area contributed by atoms with Crippen LogP contribution in [0.4, 0.5) is 5.69 Å². The highest BCUT2D eigenvalue weighted by molar-refractivity contribution is 6.02. The summed E-state index contributed by atoms with van der Waals surface area (Å²) >= 11 is 0. The Morgan fingerprint density at radius 3 is 2.71 bits per heavy atom. The van der Waals surface area contributed by atoms with Gasteiger partial charge in [0.05, 0.1) is 6.20 Å². The molecule has 1 aromatic carbocycles. The van der Waals surface area contributed by atoms with Gasteiger partial charge in [0.25, 0.3) is 5.91 Å². The summed E-state index contributed by atoms with van der Waals surface area (Å²) in [6.07, 6.45) is 1.45. The Hall–Kier alpha value is -2.10. The highest BCUT2D eigenvalue weighted by Crippen LogP contribution is 2.24. The van der Waals surface area contributed by atoms with Gasteiger partial charge in [0, 0.05) is 11.8 Å². The largest absolute Gasteiger partial charge is 0.351 e. The Morgan fingerprint density at radius 2 is 2.06 bits per heavy atom. The van der Waals surface area contributed by atoms with Crippen LogP contribution in [0.25, 0.3) is 0 Å². The molecule has 4 nitrogen and oxygen atoms in total. The average Bonchev–Trinajstić information content (AvgIpc) is 2.83. The molecule has 1 aromatic heterocycles. The molecule has 2 aromatic rings. The van der Waals surface area contributed by atoms with Crippen molar-refractivity contribution >= 4 is 11.6 Å². The number of carbonyl (C=O) groups excluding carboxylic acids is 1. The highest BCUT2D eigenvalue weighted by atomic mass is 16.5. The Morgan fingerprint density at radius 1 is 1.29 bits per heavy atom. The number of anilines is 1. The molecule has 1 N–H and O–H groups in total. The summed E-state index contributed by atoms with van der Waals surface area (Å²) in [6, 6.07) is 9.26. The van der Waals surface area contributed by atoms with Crippen LogP contribution in [0.3, 0.4) is 0 Å². The second-order valence-corrected chi connectivity index (χ2v) is 4.07. The predicted molar refractivity (Wildman–Crippen MR) is 65.0 cm³/mol. The van der Waals surface area contributed by atoms with Gasteiger partial charge in [-0.3, -0.25) is 4.79 Å². The number of rotatable bonds is 3. The first-order valence-electron chi connectivity index (χ1n) is 5.49. The number of nitrogens with one attached hydrogen (secondary N) is 1. The third-order valence-corrected chi connectivity index (χ3v) is 2.49. The van der Waals surface area contributed by atoms with E-state index >= 15 is 0 Å². The summed E-state index contributed by atoms with van der Waals surface area (Å²) < 4.78 is 4.81. The smallest absolute Gasteiger partial charge is 0.294 e. The van der Waals surface area contributed by atoms with Gasteiger partial charge in [-0.05, 0) is 17.5 Å². The molecule has 0 saturated carbocycles. The third-order valence-electron chi connectivity index (χ3n) is 2.49. The van der Waals surface area contributed by atoms with Gasteiger partial charge < -0.3 is 9.84 Å². The summed E-state index contributed by atoms with van der Waals surface area (Å²) in [5, 5.41) is 6.33. The highest BCUT2D eigenvalue weighted by Gasteiger charge is 2.13. The normalized spacial score (nSPS) is 10.5. The van der Waals surface area contributed by atoms with Gasteiger partial charge in [-0.2, -0.15) is 0 Å². The van der Waals surface area contributed by atoms with E-state index < -0.39 is 0 Å². The first kappa shape index (κ1) is 11.4. The minimum atomic E-state index is -0.282. The summed E-state index contributed by atoms with van der Waals surface area (Å²) in [4.78, 5) is 11.8. The summed E-state index contributed by atoms with van der Waals surface area (Å²) in [5.41, 5.74) is 1.91. The fourth-order valence-electron chi connectivity index (χ4n) is 1.63. The number of nitrogens with zero attached hydrogens (tertiary/aromatic N) is 1. The molecular formula is C13H14N2O2. The van der Waals surface area contributed by atoms with Crippen molar-refractivity contribution in [3.8, 4) is 0 Å². The van der Waals surface area contributed by atoms with Crippen molar-refractivity contribution in [1.82, 2.24) is 5.16 Å². The SMILES string of the molecule is CC(C)c1ccccc1NC(=O)c1ccno1. The molecule has 0 bridgehead atoms. The number of hydrogen-bond donors (Lipinski definition) is 1. The van der Waals surface area contributed by atoms with Crippen LogP contribution in [0, 0.1) is 0 Å². The molecule has 0 aliphatic carbocycles. The van der Waals surface area contributed by atoms with Crippen molar-refractivity contribution in [2.45, 2.75) is 19.8 Å². The maximum absolute atomic E-state index is 11.8. The zero-order chi connectivity index (χ0) is 12.3. The van der Waals surface area contributed by atoms with Crippen molar-refractivity contribution < 1.29 is 9.32 Å². The van der Waals surface area contributed by atoms with Gasteiger partial charge in [0.1, 0.15) is 0 Å². The van der Waals surface area contributed by atoms with Crippen molar-refractivity contribution in [2.24, 2.45) is 0 Å². The van der Waals surface area contributed by atoms with Crippen LogP contribution in [0.5, 0.6) is 0 Å². The molecule has 1 heterocycles. The summed E-state index contributed by atoms with van der Waals surface area (Å²) in [5.74, 6) is 0.278. The Balaban J connectivity index is 2.22. The number of carbonyl (C=O) groups is 1. The predicted octanol–water partition coefficient (Wildman–Crippen LogP) is 3.05. The minimum absolute atomic E-state index is 0.212. The third kappa shape index (κ3) is 2.53. The van der Waals surface area contributed by atoms with Crippen LogP contribution < -0.4 is 5.32 Å². The van der Waals surface area contributed by atoms with Crippen LogP contribution in [0.1, 0.15) is 35.9 Å². The van der Waals surface area contributed by atoms with Crippen molar-refractivity contribution in [3.63, 3.8) is 0 Å². The first-order chi connectivity index (χ1) is 8.18. The maximum Gasteiger partial charge on any atom is 0.294 e. The maximum atomic E-state index is 11.8. The summed E-state index contributed by atoms with van der Waals surface area (Å²) in [7, 11) is 0. The van der Waals surface area contributed by atoms with Gasteiger partial charge in [-0.1, -0.05) is 37.2 Å². The van der Waals surface area contributed by atoms with E-state index in [4.69, 9.17) is 4.52 Å². The second kappa shape index (κ2) is 4.82. The quantitative estimate of drug-likeness (QED) is 0.881. The fraction of sp³-hybridized carbons (Fsp3) is 0.231. The number of benzene rings is 1. The van der Waals surface area contributed by atoms with Gasteiger partial charge in [-0.25, -0.2) is 0 Å². The topological polar surface area (TPSA) is 55.1 Å². The second-order valence-electron chi connectivity index (χ2n) is 4.07. The van der Waals surface area contributed by atoms with E-state index in [0.717, 1.165) is 11.3 Å². The fourth-order valence-corrected chi connectivity index (χ4v) is 1.63. The molecule has 88 valence electrons. The van der Waals surface area contributed by atoms with E-state index in [0.29, 0.717) is 5.92 Å². The molecule has 0 aliphatic rings. The molecule has 0 aliphatic heterocycles. The van der Waals surface area contributed by atoms with Crippen LogP contribution in [0.2, 0.25) is 0 Å². The minimum Gasteiger partial charge on any atom is -0.351 e. The van der Waals surface area contributed by atoms with Gasteiger partial charge in [0.2, 0.25) is 5.76 Å². The van der Waals surface area contributed by atoms with Crippen molar-refractivity contribution in [3.05, 3.63) is 47.9 Å². The molecule has 0 radical (unpaired) electrons. The Kier molecular flexibility index (Phi) is 3.23. The van der Waals surface area contributed by atoms with E-state index in [1.807, 2.05) is 24.3 Å². The van der Waals surface area contributed by atoms with Crippen LogP contribution >= 0.6 is 0 Å². The zero-order valence-electron chi connectivity index (χ0n) is 9.81. The molecule has 0 atom stereocenters. The molecule has 0 unspecified atom stereocenters. The van der Waals surface area contributed by atoms with E-state index in [9.17, 15) is 4.79 Å². The molecule has 4 heteroatoms.